The molecule has 0 saturated carbocycles. The standard InChI is InChI=1S/C15H18N2O4/c1-11-8-12(10-13(9-11)17(19)20)6-5-7-16-14(18)21-15(2,3)4/h8-10H,7H2,1-4H3,(H,16,18). The lowest BCUT2D eigenvalue weighted by atomic mass is 10.1. The molecule has 0 spiro atoms. The first-order valence-corrected chi connectivity index (χ1v) is 6.39. The summed E-state index contributed by atoms with van der Waals surface area (Å²) in [4.78, 5) is 21.7. The Hall–Kier alpha value is -2.55. The lowest BCUT2D eigenvalue weighted by Gasteiger charge is -2.18. The molecule has 1 N–H and O–H groups in total. The molecule has 0 aliphatic heterocycles. The van der Waals surface area contributed by atoms with Gasteiger partial charge in [-0.25, -0.2) is 4.79 Å². The summed E-state index contributed by atoms with van der Waals surface area (Å²) in [6, 6.07) is 4.62. The number of nitrogens with zero attached hydrogens (tertiary/aromatic N) is 1. The number of hydrogen-bond donors (Lipinski definition) is 1. The van der Waals surface area contributed by atoms with Crippen molar-refractivity contribution < 1.29 is 14.5 Å². The van der Waals surface area contributed by atoms with Gasteiger partial charge in [-0.3, -0.25) is 10.1 Å². The van der Waals surface area contributed by atoms with Gasteiger partial charge in [0.2, 0.25) is 0 Å². The van der Waals surface area contributed by atoms with Crippen molar-refractivity contribution in [2.45, 2.75) is 33.3 Å². The number of rotatable bonds is 2. The lowest BCUT2D eigenvalue weighted by Crippen LogP contribution is -2.32. The molecule has 6 nitrogen and oxygen atoms in total. The van der Waals surface area contributed by atoms with Crippen molar-refractivity contribution in [2.24, 2.45) is 0 Å². The van der Waals surface area contributed by atoms with Crippen LogP contribution < -0.4 is 5.32 Å². The van der Waals surface area contributed by atoms with Gasteiger partial charge in [-0.2, -0.15) is 0 Å². The first-order chi connectivity index (χ1) is 9.67. The molecule has 0 bridgehead atoms. The third-order valence-electron chi connectivity index (χ3n) is 2.23. The van der Waals surface area contributed by atoms with E-state index in [4.69, 9.17) is 4.74 Å². The van der Waals surface area contributed by atoms with E-state index in [1.54, 1.807) is 33.8 Å². The van der Waals surface area contributed by atoms with Crippen LogP contribution in [0.1, 0.15) is 31.9 Å². The molecule has 0 aliphatic rings. The first kappa shape index (κ1) is 16.5. The SMILES string of the molecule is Cc1cc(C#CCNC(=O)OC(C)(C)C)cc([N+](=O)[O-])c1. The van der Waals surface area contributed by atoms with E-state index in [0.29, 0.717) is 5.56 Å². The van der Waals surface area contributed by atoms with E-state index >= 15 is 0 Å². The van der Waals surface area contributed by atoms with Crippen LogP contribution in [-0.4, -0.2) is 23.2 Å². The van der Waals surface area contributed by atoms with Crippen molar-refractivity contribution in [1.29, 1.82) is 0 Å². The third kappa shape index (κ3) is 6.43. The highest BCUT2D eigenvalue weighted by molar-refractivity contribution is 5.68. The highest BCUT2D eigenvalue weighted by Crippen LogP contribution is 2.15. The average Bonchev–Trinajstić information content (AvgIpc) is 2.31. The largest absolute Gasteiger partial charge is 0.444 e. The summed E-state index contributed by atoms with van der Waals surface area (Å²) in [5.74, 6) is 5.50. The second-order valence-corrected chi connectivity index (χ2v) is 5.47. The highest BCUT2D eigenvalue weighted by atomic mass is 16.6. The van der Waals surface area contributed by atoms with Crippen LogP contribution in [0, 0.1) is 28.9 Å². The zero-order valence-electron chi connectivity index (χ0n) is 12.5. The van der Waals surface area contributed by atoms with Crippen molar-refractivity contribution in [3.63, 3.8) is 0 Å². The van der Waals surface area contributed by atoms with Gasteiger partial charge in [0.1, 0.15) is 5.60 Å². The van der Waals surface area contributed by atoms with Crippen molar-refractivity contribution >= 4 is 11.8 Å². The summed E-state index contributed by atoms with van der Waals surface area (Å²) >= 11 is 0. The van der Waals surface area contributed by atoms with Crippen LogP contribution in [0.4, 0.5) is 10.5 Å². The Morgan fingerprint density at radius 1 is 1.38 bits per heavy atom. The number of nitro groups is 1. The van der Waals surface area contributed by atoms with Crippen molar-refractivity contribution in [3.8, 4) is 11.8 Å². The molecular formula is C15H18N2O4. The third-order valence-corrected chi connectivity index (χ3v) is 2.23. The number of amides is 1. The predicted molar refractivity (Wildman–Crippen MR) is 78.9 cm³/mol. The first-order valence-electron chi connectivity index (χ1n) is 6.39. The number of carbonyl (C=O) groups excluding carboxylic acids is 1. The van der Waals surface area contributed by atoms with Gasteiger partial charge >= 0.3 is 6.09 Å². The monoisotopic (exact) mass is 290 g/mol. The average molecular weight is 290 g/mol. The summed E-state index contributed by atoms with van der Waals surface area (Å²) in [5.41, 5.74) is 0.731. The van der Waals surface area contributed by atoms with Crippen LogP contribution in [0.5, 0.6) is 0 Å². The zero-order chi connectivity index (χ0) is 16.0. The van der Waals surface area contributed by atoms with Crippen LogP contribution in [0.2, 0.25) is 0 Å². The predicted octanol–water partition coefficient (Wildman–Crippen LogP) is 2.78. The summed E-state index contributed by atoms with van der Waals surface area (Å²) in [5, 5.41) is 13.2. The minimum absolute atomic E-state index is 0.000554. The Kier molecular flexibility index (Phi) is 5.30. The molecule has 112 valence electrons. The Morgan fingerprint density at radius 3 is 2.62 bits per heavy atom. The Balaban J connectivity index is 2.63. The molecule has 1 aromatic carbocycles. The van der Waals surface area contributed by atoms with Gasteiger partial charge in [0.15, 0.2) is 0 Å². The van der Waals surface area contributed by atoms with Crippen molar-refractivity contribution in [1.82, 2.24) is 5.32 Å². The maximum atomic E-state index is 11.4. The summed E-state index contributed by atoms with van der Waals surface area (Å²) in [7, 11) is 0. The fourth-order valence-corrected chi connectivity index (χ4v) is 1.52. The maximum Gasteiger partial charge on any atom is 0.408 e. The molecule has 0 saturated heterocycles. The van der Waals surface area contributed by atoms with Gasteiger partial charge in [-0.15, -0.1) is 0 Å². The number of ether oxygens (including phenoxy) is 1. The number of nitrogens with one attached hydrogen (secondary N) is 1. The molecule has 0 atom stereocenters. The molecule has 6 heteroatoms. The number of aryl methyl sites for hydroxylation is 1. The molecular weight excluding hydrogens is 272 g/mol. The van der Waals surface area contributed by atoms with E-state index in [0.717, 1.165) is 5.56 Å². The number of alkyl carbamates (subject to hydrolysis) is 1. The molecule has 0 heterocycles. The molecule has 21 heavy (non-hydrogen) atoms. The number of carbonyl (C=O) groups is 1. The second kappa shape index (κ2) is 6.75. The molecule has 0 aromatic heterocycles. The minimum Gasteiger partial charge on any atom is -0.444 e. The van der Waals surface area contributed by atoms with E-state index < -0.39 is 16.6 Å². The quantitative estimate of drug-likeness (QED) is 0.516. The zero-order valence-corrected chi connectivity index (χ0v) is 12.5. The molecule has 1 rings (SSSR count). The summed E-state index contributed by atoms with van der Waals surface area (Å²) in [6.45, 7) is 7.17. The highest BCUT2D eigenvalue weighted by Gasteiger charge is 2.15. The van der Waals surface area contributed by atoms with Gasteiger partial charge < -0.3 is 10.1 Å². The fourth-order valence-electron chi connectivity index (χ4n) is 1.52. The van der Waals surface area contributed by atoms with E-state index in [-0.39, 0.29) is 12.2 Å². The number of hydrogen-bond acceptors (Lipinski definition) is 4. The normalized spacial score (nSPS) is 10.3. The molecule has 1 amide bonds. The molecule has 0 aliphatic carbocycles. The fraction of sp³-hybridized carbons (Fsp3) is 0.400. The number of benzene rings is 1. The molecule has 1 aromatic rings. The van der Waals surface area contributed by atoms with Crippen LogP contribution in [0.15, 0.2) is 18.2 Å². The van der Waals surface area contributed by atoms with Crippen LogP contribution in [0.25, 0.3) is 0 Å². The minimum atomic E-state index is -0.561. The molecule has 0 fully saturated rings. The van der Waals surface area contributed by atoms with E-state index in [9.17, 15) is 14.9 Å². The summed E-state index contributed by atoms with van der Waals surface area (Å²) < 4.78 is 5.05. The van der Waals surface area contributed by atoms with Gasteiger partial charge in [0.25, 0.3) is 5.69 Å². The van der Waals surface area contributed by atoms with Gasteiger partial charge in [0.05, 0.1) is 11.5 Å². The maximum absolute atomic E-state index is 11.4. The van der Waals surface area contributed by atoms with Crippen LogP contribution in [0.3, 0.4) is 0 Å². The van der Waals surface area contributed by atoms with Crippen molar-refractivity contribution in [3.05, 3.63) is 39.4 Å². The topological polar surface area (TPSA) is 81.5 Å². The van der Waals surface area contributed by atoms with Crippen LogP contribution >= 0.6 is 0 Å². The Bertz CT molecular complexity index is 606. The molecule has 0 unspecified atom stereocenters. The number of nitro benzene ring substituents is 1. The molecule has 0 radical (unpaired) electrons. The van der Waals surface area contributed by atoms with Gasteiger partial charge in [0, 0.05) is 17.7 Å². The van der Waals surface area contributed by atoms with Crippen LogP contribution in [-0.2, 0) is 4.74 Å². The Morgan fingerprint density at radius 2 is 2.05 bits per heavy atom. The summed E-state index contributed by atoms with van der Waals surface area (Å²) in [6.07, 6.45) is -0.549. The van der Waals surface area contributed by atoms with E-state index in [2.05, 4.69) is 17.2 Å². The van der Waals surface area contributed by atoms with Gasteiger partial charge in [-0.1, -0.05) is 11.8 Å². The van der Waals surface area contributed by atoms with Gasteiger partial charge in [-0.05, 0) is 39.3 Å². The lowest BCUT2D eigenvalue weighted by molar-refractivity contribution is -0.384. The second-order valence-electron chi connectivity index (χ2n) is 5.47. The number of non-ortho nitro benzene ring substituents is 1. The van der Waals surface area contributed by atoms with E-state index in [1.807, 2.05) is 0 Å². The van der Waals surface area contributed by atoms with Crippen molar-refractivity contribution in [2.75, 3.05) is 6.54 Å². The Labute approximate surface area is 123 Å². The van der Waals surface area contributed by atoms with E-state index in [1.165, 1.54) is 12.1 Å². The smallest absolute Gasteiger partial charge is 0.408 e.